The number of halogens is 1. The van der Waals surface area contributed by atoms with E-state index in [4.69, 9.17) is 17.0 Å². The number of ether oxygens (including phenoxy) is 1. The van der Waals surface area contributed by atoms with Crippen LogP contribution in [0, 0.1) is 16.5 Å². The molecule has 7 heteroatoms. The Morgan fingerprint density at radius 3 is 2.91 bits per heavy atom. The van der Waals surface area contributed by atoms with Crippen LogP contribution in [0.25, 0.3) is 16.7 Å². The van der Waals surface area contributed by atoms with Crippen molar-refractivity contribution in [2.45, 2.75) is 12.8 Å². The predicted octanol–water partition coefficient (Wildman–Crippen LogP) is 3.30. The van der Waals surface area contributed by atoms with Crippen LogP contribution >= 0.6 is 12.2 Å². The van der Waals surface area contributed by atoms with Crippen molar-refractivity contribution in [1.29, 1.82) is 0 Å². The number of H-pyrrole nitrogens is 2. The molecule has 5 nitrogen and oxygen atoms in total. The summed E-state index contributed by atoms with van der Waals surface area (Å²) in [5.74, 6) is 0.237. The molecule has 0 bridgehead atoms. The molecule has 0 atom stereocenters. The second-order valence-electron chi connectivity index (χ2n) is 5.71. The van der Waals surface area contributed by atoms with Crippen LogP contribution in [0.2, 0.25) is 0 Å². The fourth-order valence-electron chi connectivity index (χ4n) is 2.50. The Kier molecular flexibility index (Phi) is 3.30. The highest BCUT2D eigenvalue weighted by Crippen LogP contribution is 2.30. The van der Waals surface area contributed by atoms with Gasteiger partial charge in [-0.3, -0.25) is 9.36 Å². The summed E-state index contributed by atoms with van der Waals surface area (Å²) in [7, 11) is 0. The van der Waals surface area contributed by atoms with E-state index in [1.54, 1.807) is 18.3 Å². The second kappa shape index (κ2) is 5.34. The zero-order valence-corrected chi connectivity index (χ0v) is 13.0. The van der Waals surface area contributed by atoms with Crippen LogP contribution in [0.15, 0.2) is 35.3 Å². The van der Waals surface area contributed by atoms with Crippen LogP contribution in [0.1, 0.15) is 12.8 Å². The number of hydrogen-bond acceptors (Lipinski definition) is 3. The SMILES string of the molecule is O=c1c2[nH]ccc2[nH]c(=S)n1-c1ccc(OCC2CC2)c(F)c1. The molecule has 0 spiro atoms. The quantitative estimate of drug-likeness (QED) is 0.721. The van der Waals surface area contributed by atoms with Gasteiger partial charge in [0, 0.05) is 12.3 Å². The molecular weight excluding hydrogens is 317 g/mol. The number of aromatic amines is 2. The van der Waals surface area contributed by atoms with Crippen molar-refractivity contribution in [1.82, 2.24) is 14.5 Å². The van der Waals surface area contributed by atoms with Crippen molar-refractivity contribution in [3.05, 3.63) is 51.4 Å². The number of nitrogens with zero attached hydrogens (tertiary/aromatic N) is 1. The van der Waals surface area contributed by atoms with Crippen LogP contribution < -0.4 is 10.3 Å². The van der Waals surface area contributed by atoms with Gasteiger partial charge < -0.3 is 14.7 Å². The molecule has 0 aliphatic heterocycles. The van der Waals surface area contributed by atoms with Gasteiger partial charge >= 0.3 is 0 Å². The van der Waals surface area contributed by atoms with Crippen LogP contribution in [0.4, 0.5) is 4.39 Å². The van der Waals surface area contributed by atoms with Gasteiger partial charge in [-0.1, -0.05) is 0 Å². The fraction of sp³-hybridized carbons (Fsp3) is 0.250. The number of rotatable bonds is 4. The summed E-state index contributed by atoms with van der Waals surface area (Å²) in [6, 6.07) is 6.16. The molecule has 4 rings (SSSR count). The summed E-state index contributed by atoms with van der Waals surface area (Å²) in [5.41, 5.74) is 1.07. The van der Waals surface area contributed by atoms with E-state index in [9.17, 15) is 9.18 Å². The van der Waals surface area contributed by atoms with E-state index < -0.39 is 5.82 Å². The number of nitrogens with one attached hydrogen (secondary N) is 2. The molecule has 1 fully saturated rings. The van der Waals surface area contributed by atoms with E-state index in [2.05, 4.69) is 9.97 Å². The maximum Gasteiger partial charge on any atom is 0.283 e. The minimum absolute atomic E-state index is 0.199. The number of benzene rings is 1. The molecule has 2 heterocycles. The zero-order chi connectivity index (χ0) is 16.0. The molecule has 1 aromatic carbocycles. The summed E-state index contributed by atoms with van der Waals surface area (Å²) in [5, 5.41) is 0. The van der Waals surface area contributed by atoms with E-state index >= 15 is 0 Å². The van der Waals surface area contributed by atoms with E-state index in [0.29, 0.717) is 29.2 Å². The largest absolute Gasteiger partial charge is 0.490 e. The lowest BCUT2D eigenvalue weighted by atomic mass is 10.2. The summed E-state index contributed by atoms with van der Waals surface area (Å²) < 4.78 is 21.2. The summed E-state index contributed by atoms with van der Waals surface area (Å²) in [6.45, 7) is 0.532. The molecular formula is C16H14FN3O2S. The molecule has 0 saturated heterocycles. The molecule has 3 aromatic rings. The van der Waals surface area contributed by atoms with Crippen LogP contribution in [-0.4, -0.2) is 21.1 Å². The third-order valence-corrected chi connectivity index (χ3v) is 4.24. The smallest absolute Gasteiger partial charge is 0.283 e. The summed E-state index contributed by atoms with van der Waals surface area (Å²) in [6.07, 6.45) is 3.93. The van der Waals surface area contributed by atoms with Crippen LogP contribution in [-0.2, 0) is 0 Å². The highest BCUT2D eigenvalue weighted by molar-refractivity contribution is 7.71. The first-order chi connectivity index (χ1) is 11.1. The number of fused-ring (bicyclic) bond motifs is 1. The van der Waals surface area contributed by atoms with Gasteiger partial charge in [0.25, 0.3) is 5.56 Å². The van der Waals surface area contributed by atoms with Crippen molar-refractivity contribution in [2.24, 2.45) is 5.92 Å². The first kappa shape index (κ1) is 14.2. The standard InChI is InChI=1S/C16H14FN3O2S/c17-11-7-10(3-4-13(11)22-8-9-1-2-9)20-15(21)14-12(5-6-18-14)19-16(20)23/h3-7,9,18H,1-2,8H2,(H,19,23). The van der Waals surface area contributed by atoms with Gasteiger partial charge in [0.05, 0.1) is 17.8 Å². The van der Waals surface area contributed by atoms with E-state index in [1.807, 2.05) is 0 Å². The fourth-order valence-corrected chi connectivity index (χ4v) is 2.80. The molecule has 0 unspecified atom stereocenters. The topological polar surface area (TPSA) is 62.8 Å². The molecule has 1 aliphatic rings. The lowest BCUT2D eigenvalue weighted by Gasteiger charge is -2.10. The van der Waals surface area contributed by atoms with E-state index in [-0.39, 0.29) is 16.1 Å². The molecule has 2 N–H and O–H groups in total. The normalized spacial score (nSPS) is 14.3. The number of aromatic nitrogens is 3. The minimum Gasteiger partial charge on any atom is -0.490 e. The molecule has 1 aliphatic carbocycles. The molecule has 23 heavy (non-hydrogen) atoms. The first-order valence-electron chi connectivity index (χ1n) is 7.38. The zero-order valence-electron chi connectivity index (χ0n) is 12.1. The van der Waals surface area contributed by atoms with Gasteiger partial charge in [0.2, 0.25) is 0 Å². The summed E-state index contributed by atoms with van der Waals surface area (Å²) in [4.78, 5) is 18.3. The van der Waals surface area contributed by atoms with Crippen molar-refractivity contribution < 1.29 is 9.13 Å². The van der Waals surface area contributed by atoms with Crippen molar-refractivity contribution in [2.75, 3.05) is 6.61 Å². The Bertz CT molecular complexity index is 1000. The number of hydrogen-bond donors (Lipinski definition) is 2. The van der Waals surface area contributed by atoms with E-state index in [0.717, 1.165) is 12.8 Å². The van der Waals surface area contributed by atoms with Crippen molar-refractivity contribution >= 4 is 23.3 Å². The molecule has 1 saturated carbocycles. The Morgan fingerprint density at radius 1 is 1.35 bits per heavy atom. The molecule has 0 radical (unpaired) electrons. The van der Waals surface area contributed by atoms with Gasteiger partial charge in [-0.25, -0.2) is 4.39 Å². The van der Waals surface area contributed by atoms with Crippen LogP contribution in [0.5, 0.6) is 5.75 Å². The van der Waals surface area contributed by atoms with Crippen molar-refractivity contribution in [3.8, 4) is 11.4 Å². The van der Waals surface area contributed by atoms with Gasteiger partial charge in [-0.05, 0) is 49.2 Å². The third kappa shape index (κ3) is 2.57. The highest BCUT2D eigenvalue weighted by atomic mass is 32.1. The maximum atomic E-state index is 14.2. The lowest BCUT2D eigenvalue weighted by Crippen LogP contribution is -2.20. The Hall–Kier alpha value is -2.41. The van der Waals surface area contributed by atoms with Crippen LogP contribution in [0.3, 0.4) is 0 Å². The molecule has 2 aromatic heterocycles. The average molecular weight is 331 g/mol. The van der Waals surface area contributed by atoms with Gasteiger partial charge in [-0.2, -0.15) is 0 Å². The van der Waals surface area contributed by atoms with Gasteiger partial charge in [0.1, 0.15) is 5.52 Å². The highest BCUT2D eigenvalue weighted by Gasteiger charge is 2.22. The Morgan fingerprint density at radius 2 is 2.17 bits per heavy atom. The monoisotopic (exact) mass is 331 g/mol. The predicted molar refractivity (Wildman–Crippen MR) is 87.3 cm³/mol. The lowest BCUT2D eigenvalue weighted by molar-refractivity contribution is 0.285. The molecule has 0 amide bonds. The first-order valence-corrected chi connectivity index (χ1v) is 7.79. The van der Waals surface area contributed by atoms with E-state index in [1.165, 1.54) is 16.7 Å². The average Bonchev–Trinajstić information content (AvgIpc) is 3.23. The maximum absolute atomic E-state index is 14.2. The van der Waals surface area contributed by atoms with Gasteiger partial charge in [-0.15, -0.1) is 0 Å². The minimum atomic E-state index is -0.504. The van der Waals surface area contributed by atoms with Gasteiger partial charge in [0.15, 0.2) is 16.3 Å². The molecule has 118 valence electrons. The second-order valence-corrected chi connectivity index (χ2v) is 6.09. The summed E-state index contributed by atoms with van der Waals surface area (Å²) >= 11 is 5.22. The Labute approximate surface area is 135 Å². The van der Waals surface area contributed by atoms with Crippen molar-refractivity contribution in [3.63, 3.8) is 0 Å². The third-order valence-electron chi connectivity index (χ3n) is 3.95. The Balaban J connectivity index is 1.76.